The number of hydrogen-bond acceptors (Lipinski definition) is 3. The lowest BCUT2D eigenvalue weighted by Crippen LogP contribution is -2.38. The molecule has 1 aliphatic heterocycles. The lowest BCUT2D eigenvalue weighted by atomic mass is 10.0. The third-order valence-corrected chi connectivity index (χ3v) is 5.28. The number of benzene rings is 3. The maximum Gasteiger partial charge on any atom is 0.265 e. The van der Waals surface area contributed by atoms with Gasteiger partial charge in [-0.3, -0.25) is 9.59 Å². The predicted octanol–water partition coefficient (Wildman–Crippen LogP) is 4.79. The number of carbonyl (C=O) groups excluding carboxylic acids is 2. The number of nitrogens with zero attached hydrogens (tertiary/aromatic N) is 1. The number of fused-ring (bicyclic) bond motifs is 1. The molecule has 0 unspecified atom stereocenters. The molecule has 1 N–H and O–H groups in total. The normalized spacial score (nSPS) is 12.9. The molecule has 0 bridgehead atoms. The van der Waals surface area contributed by atoms with Crippen molar-refractivity contribution in [1.82, 2.24) is 0 Å². The summed E-state index contributed by atoms with van der Waals surface area (Å²) in [5, 5.41) is 3.02. The van der Waals surface area contributed by atoms with Crippen molar-refractivity contribution in [2.45, 2.75) is 27.3 Å². The van der Waals surface area contributed by atoms with E-state index in [1.807, 2.05) is 57.2 Å². The van der Waals surface area contributed by atoms with E-state index in [1.54, 1.807) is 17.0 Å². The van der Waals surface area contributed by atoms with E-state index >= 15 is 0 Å². The molecule has 0 saturated carbocycles. The first-order valence-corrected chi connectivity index (χ1v) is 9.93. The average molecular weight is 400 g/mol. The van der Waals surface area contributed by atoms with Crippen LogP contribution < -0.4 is 15.0 Å². The summed E-state index contributed by atoms with van der Waals surface area (Å²) < 4.78 is 5.49. The third-order valence-electron chi connectivity index (χ3n) is 5.28. The summed E-state index contributed by atoms with van der Waals surface area (Å²) in [5.41, 5.74) is 6.40. The second kappa shape index (κ2) is 8.03. The fraction of sp³-hybridized carbons (Fsp3) is 0.200. The zero-order valence-electron chi connectivity index (χ0n) is 17.4. The molecular weight excluding hydrogens is 376 g/mol. The highest BCUT2D eigenvalue weighted by Gasteiger charge is 2.25. The van der Waals surface area contributed by atoms with Gasteiger partial charge in [0.25, 0.3) is 11.8 Å². The van der Waals surface area contributed by atoms with Gasteiger partial charge in [-0.15, -0.1) is 0 Å². The molecule has 5 nitrogen and oxygen atoms in total. The Morgan fingerprint density at radius 1 is 1.00 bits per heavy atom. The molecule has 0 spiro atoms. The van der Waals surface area contributed by atoms with E-state index in [0.717, 1.165) is 28.1 Å². The maximum atomic E-state index is 12.7. The highest BCUT2D eigenvalue weighted by Crippen LogP contribution is 2.32. The van der Waals surface area contributed by atoms with Gasteiger partial charge in [-0.1, -0.05) is 42.0 Å². The van der Waals surface area contributed by atoms with Crippen molar-refractivity contribution in [2.24, 2.45) is 0 Å². The number of ether oxygens (including phenoxy) is 1. The van der Waals surface area contributed by atoms with Gasteiger partial charge in [-0.25, -0.2) is 0 Å². The van der Waals surface area contributed by atoms with Crippen LogP contribution in [0.15, 0.2) is 60.7 Å². The summed E-state index contributed by atoms with van der Waals surface area (Å²) in [5.74, 6) is 0.474. The monoisotopic (exact) mass is 400 g/mol. The van der Waals surface area contributed by atoms with Gasteiger partial charge < -0.3 is 15.0 Å². The second-order valence-electron chi connectivity index (χ2n) is 7.66. The predicted molar refractivity (Wildman–Crippen MR) is 118 cm³/mol. The molecule has 5 heteroatoms. The van der Waals surface area contributed by atoms with Crippen LogP contribution in [0.1, 0.15) is 32.6 Å². The van der Waals surface area contributed by atoms with Crippen molar-refractivity contribution in [3.63, 3.8) is 0 Å². The molecule has 0 aromatic heterocycles. The summed E-state index contributed by atoms with van der Waals surface area (Å²) in [6.45, 7) is 6.50. The fourth-order valence-electron chi connectivity index (χ4n) is 3.83. The summed E-state index contributed by atoms with van der Waals surface area (Å²) >= 11 is 0. The minimum atomic E-state index is -0.149. The van der Waals surface area contributed by atoms with E-state index in [4.69, 9.17) is 4.74 Å². The Morgan fingerprint density at radius 3 is 2.37 bits per heavy atom. The topological polar surface area (TPSA) is 58.6 Å². The first kappa shape index (κ1) is 19.7. The van der Waals surface area contributed by atoms with Crippen LogP contribution in [0.4, 0.5) is 11.4 Å². The largest absolute Gasteiger partial charge is 0.482 e. The van der Waals surface area contributed by atoms with Crippen molar-refractivity contribution in [3.05, 3.63) is 88.5 Å². The number of nitrogens with one attached hydrogen (secondary N) is 1. The van der Waals surface area contributed by atoms with Crippen LogP contribution in [-0.2, 0) is 11.3 Å². The molecule has 0 saturated heterocycles. The molecule has 4 rings (SSSR count). The Morgan fingerprint density at radius 2 is 1.67 bits per heavy atom. The van der Waals surface area contributed by atoms with Crippen LogP contribution in [-0.4, -0.2) is 18.4 Å². The minimum Gasteiger partial charge on any atom is -0.482 e. The van der Waals surface area contributed by atoms with Gasteiger partial charge in [0.1, 0.15) is 5.75 Å². The number of anilines is 2. The van der Waals surface area contributed by atoms with Gasteiger partial charge in [-0.05, 0) is 61.7 Å². The van der Waals surface area contributed by atoms with Crippen LogP contribution in [0.2, 0.25) is 0 Å². The number of aryl methyl sites for hydroxylation is 3. The quantitative estimate of drug-likeness (QED) is 0.685. The second-order valence-corrected chi connectivity index (χ2v) is 7.66. The Balaban J connectivity index is 1.50. The van der Waals surface area contributed by atoms with Gasteiger partial charge in [-0.2, -0.15) is 0 Å². The number of rotatable bonds is 4. The fourth-order valence-corrected chi connectivity index (χ4v) is 3.83. The standard InChI is InChI=1S/C25H24N2O3/c1-16-12-17(2)24(18(3)13-16)26-25(29)20-10-8-19(9-11-20)14-27-21-6-4-5-7-22(21)30-15-23(27)28/h4-13H,14-15H2,1-3H3,(H,26,29). The summed E-state index contributed by atoms with van der Waals surface area (Å²) in [4.78, 5) is 26.8. The van der Waals surface area contributed by atoms with Crippen molar-refractivity contribution < 1.29 is 14.3 Å². The maximum absolute atomic E-state index is 12.7. The Hall–Kier alpha value is -3.60. The minimum absolute atomic E-state index is 0.0345. The van der Waals surface area contributed by atoms with E-state index in [0.29, 0.717) is 17.9 Å². The van der Waals surface area contributed by atoms with Crippen molar-refractivity contribution >= 4 is 23.2 Å². The molecule has 2 amide bonds. The summed E-state index contributed by atoms with van der Waals surface area (Å²) in [6, 6.07) is 19.0. The Labute approximate surface area is 176 Å². The van der Waals surface area contributed by atoms with Crippen LogP contribution in [0, 0.1) is 20.8 Å². The first-order valence-electron chi connectivity index (χ1n) is 9.93. The molecule has 3 aromatic carbocycles. The van der Waals surface area contributed by atoms with Crippen LogP contribution >= 0.6 is 0 Å². The zero-order chi connectivity index (χ0) is 21.3. The van der Waals surface area contributed by atoms with Gasteiger partial charge in [0.15, 0.2) is 6.61 Å². The molecule has 0 fully saturated rings. The lowest BCUT2D eigenvalue weighted by Gasteiger charge is -2.29. The average Bonchev–Trinajstić information content (AvgIpc) is 2.73. The molecule has 0 aliphatic carbocycles. The number of hydrogen-bond donors (Lipinski definition) is 1. The van der Waals surface area contributed by atoms with Crippen LogP contribution in [0.5, 0.6) is 5.75 Å². The number of amides is 2. The van der Waals surface area contributed by atoms with E-state index in [2.05, 4.69) is 17.4 Å². The van der Waals surface area contributed by atoms with E-state index in [9.17, 15) is 9.59 Å². The molecule has 0 atom stereocenters. The van der Waals surface area contributed by atoms with Gasteiger partial charge >= 0.3 is 0 Å². The van der Waals surface area contributed by atoms with Crippen molar-refractivity contribution in [1.29, 1.82) is 0 Å². The van der Waals surface area contributed by atoms with Gasteiger partial charge in [0.05, 0.1) is 12.2 Å². The van der Waals surface area contributed by atoms with Gasteiger partial charge in [0.2, 0.25) is 0 Å². The highest BCUT2D eigenvalue weighted by molar-refractivity contribution is 6.05. The molecule has 30 heavy (non-hydrogen) atoms. The van der Waals surface area contributed by atoms with Crippen LogP contribution in [0.3, 0.4) is 0 Å². The summed E-state index contributed by atoms with van der Waals surface area (Å²) in [7, 11) is 0. The number of carbonyl (C=O) groups is 2. The molecule has 1 aliphatic rings. The zero-order valence-corrected chi connectivity index (χ0v) is 17.4. The van der Waals surface area contributed by atoms with Crippen molar-refractivity contribution in [2.75, 3.05) is 16.8 Å². The van der Waals surface area contributed by atoms with E-state index in [1.165, 1.54) is 5.56 Å². The van der Waals surface area contributed by atoms with Gasteiger partial charge in [0, 0.05) is 11.3 Å². The van der Waals surface area contributed by atoms with E-state index < -0.39 is 0 Å². The van der Waals surface area contributed by atoms with Crippen molar-refractivity contribution in [3.8, 4) is 5.75 Å². The molecular formula is C25H24N2O3. The lowest BCUT2D eigenvalue weighted by molar-refractivity contribution is -0.121. The van der Waals surface area contributed by atoms with E-state index in [-0.39, 0.29) is 18.4 Å². The Kier molecular flexibility index (Phi) is 5.27. The Bertz CT molecular complexity index is 1100. The molecule has 0 radical (unpaired) electrons. The van der Waals surface area contributed by atoms with Crippen LogP contribution in [0.25, 0.3) is 0 Å². The SMILES string of the molecule is Cc1cc(C)c(NC(=O)c2ccc(CN3C(=O)COc4ccccc43)cc2)c(C)c1. The first-order chi connectivity index (χ1) is 14.4. The molecule has 1 heterocycles. The molecule has 152 valence electrons. The summed E-state index contributed by atoms with van der Waals surface area (Å²) in [6.07, 6.45) is 0. The number of para-hydroxylation sites is 2. The molecule has 3 aromatic rings. The third kappa shape index (κ3) is 3.92. The smallest absolute Gasteiger partial charge is 0.265 e. The highest BCUT2D eigenvalue weighted by atomic mass is 16.5.